The lowest BCUT2D eigenvalue weighted by molar-refractivity contribution is -0.121. The first-order chi connectivity index (χ1) is 11.3. The maximum atomic E-state index is 11.7. The predicted molar refractivity (Wildman–Crippen MR) is 90.1 cm³/mol. The van der Waals surface area contributed by atoms with Gasteiger partial charge < -0.3 is 20.4 Å². The van der Waals surface area contributed by atoms with Gasteiger partial charge in [-0.1, -0.05) is 30.3 Å². The highest BCUT2D eigenvalue weighted by atomic mass is 16.4. The number of nitrogens with zero attached hydrogens (tertiary/aromatic N) is 1. The minimum Gasteiger partial charge on any atom is -0.439 e. The van der Waals surface area contributed by atoms with Gasteiger partial charge in [0.2, 0.25) is 11.8 Å². The van der Waals surface area contributed by atoms with Crippen LogP contribution < -0.4 is 16.0 Å². The second-order valence-electron chi connectivity index (χ2n) is 6.32. The van der Waals surface area contributed by atoms with Gasteiger partial charge in [0.15, 0.2) is 5.76 Å². The van der Waals surface area contributed by atoms with Crippen LogP contribution in [0.5, 0.6) is 0 Å². The van der Waals surface area contributed by atoms with Gasteiger partial charge in [-0.3, -0.25) is 4.79 Å². The molecule has 3 N–H and O–H groups in total. The zero-order valence-corrected chi connectivity index (χ0v) is 14.1. The van der Waals surface area contributed by atoms with E-state index in [0.29, 0.717) is 11.7 Å². The first-order valence-corrected chi connectivity index (χ1v) is 7.66. The maximum Gasteiger partial charge on any atom is 0.315 e. The fraction of sp³-hybridized carbons (Fsp3) is 0.353. The van der Waals surface area contributed by atoms with Crippen molar-refractivity contribution in [2.75, 3.05) is 6.54 Å². The van der Waals surface area contributed by atoms with Crippen LogP contribution in [-0.2, 0) is 11.3 Å². The van der Waals surface area contributed by atoms with Gasteiger partial charge in [-0.05, 0) is 20.8 Å². The van der Waals surface area contributed by atoms with E-state index < -0.39 is 6.03 Å². The summed E-state index contributed by atoms with van der Waals surface area (Å²) in [6.45, 7) is 5.66. The fourth-order valence-corrected chi connectivity index (χ4v) is 1.97. The van der Waals surface area contributed by atoms with Crippen LogP contribution in [0.1, 0.15) is 26.7 Å². The number of nitrogens with one attached hydrogen (secondary N) is 3. The highest BCUT2D eigenvalue weighted by Crippen LogP contribution is 2.19. The van der Waals surface area contributed by atoms with Crippen LogP contribution in [0.2, 0.25) is 0 Å². The Kier molecular flexibility index (Phi) is 5.57. The molecule has 0 saturated heterocycles. The molecule has 0 aliphatic carbocycles. The second-order valence-corrected chi connectivity index (χ2v) is 6.32. The molecule has 7 heteroatoms. The molecule has 0 saturated carbocycles. The summed E-state index contributed by atoms with van der Waals surface area (Å²) < 4.78 is 5.58. The Labute approximate surface area is 140 Å². The van der Waals surface area contributed by atoms with Crippen LogP contribution >= 0.6 is 0 Å². The van der Waals surface area contributed by atoms with Crippen molar-refractivity contribution < 1.29 is 14.0 Å². The van der Waals surface area contributed by atoms with E-state index >= 15 is 0 Å². The molecule has 1 aromatic heterocycles. The summed E-state index contributed by atoms with van der Waals surface area (Å²) in [6.07, 6.45) is 1.61. The molecule has 0 unspecified atom stereocenters. The van der Waals surface area contributed by atoms with E-state index in [1.807, 2.05) is 51.1 Å². The topological polar surface area (TPSA) is 96.3 Å². The SMILES string of the molecule is CC(C)(C)NC(=O)CNC(=O)NCc1ncc(-c2ccccc2)o1. The molecule has 0 radical (unpaired) electrons. The zero-order chi connectivity index (χ0) is 17.6. The summed E-state index contributed by atoms with van der Waals surface area (Å²) in [5, 5.41) is 7.84. The lowest BCUT2D eigenvalue weighted by Gasteiger charge is -2.20. The Hall–Kier alpha value is -2.83. The quantitative estimate of drug-likeness (QED) is 0.782. The van der Waals surface area contributed by atoms with Crippen LogP contribution in [0.3, 0.4) is 0 Å². The van der Waals surface area contributed by atoms with Crippen molar-refractivity contribution in [1.82, 2.24) is 20.9 Å². The van der Waals surface area contributed by atoms with E-state index in [1.165, 1.54) is 0 Å². The maximum absolute atomic E-state index is 11.7. The number of hydrogen-bond donors (Lipinski definition) is 3. The van der Waals surface area contributed by atoms with E-state index in [0.717, 1.165) is 5.56 Å². The van der Waals surface area contributed by atoms with Gasteiger partial charge in [0.25, 0.3) is 0 Å². The highest BCUT2D eigenvalue weighted by Gasteiger charge is 2.14. The number of carbonyl (C=O) groups excluding carboxylic acids is 2. The first kappa shape index (κ1) is 17.5. The summed E-state index contributed by atoms with van der Waals surface area (Å²) in [7, 11) is 0. The molecule has 0 bridgehead atoms. The standard InChI is InChI=1S/C17H22N4O3/c1-17(2,3)21-14(22)10-19-16(23)20-11-15-18-9-13(24-15)12-7-5-4-6-8-12/h4-9H,10-11H2,1-3H3,(H,21,22)(H2,19,20,23). The molecule has 0 aliphatic rings. The molecule has 3 amide bonds. The first-order valence-electron chi connectivity index (χ1n) is 7.66. The lowest BCUT2D eigenvalue weighted by atomic mass is 10.1. The third-order valence-electron chi connectivity index (χ3n) is 2.94. The molecular weight excluding hydrogens is 308 g/mol. The molecule has 1 aromatic carbocycles. The second kappa shape index (κ2) is 7.63. The monoisotopic (exact) mass is 330 g/mol. The molecule has 1 heterocycles. The number of amides is 3. The molecule has 128 valence electrons. The average molecular weight is 330 g/mol. The summed E-state index contributed by atoms with van der Waals surface area (Å²) >= 11 is 0. The van der Waals surface area contributed by atoms with Crippen molar-refractivity contribution in [1.29, 1.82) is 0 Å². The number of oxazole rings is 1. The molecule has 0 spiro atoms. The summed E-state index contributed by atoms with van der Waals surface area (Å²) in [5.41, 5.74) is 0.584. The number of benzene rings is 1. The summed E-state index contributed by atoms with van der Waals surface area (Å²) in [5.74, 6) is 0.778. The number of urea groups is 1. The Balaban J connectivity index is 1.76. The predicted octanol–water partition coefficient (Wildman–Crippen LogP) is 2.06. The largest absolute Gasteiger partial charge is 0.439 e. The van der Waals surface area contributed by atoms with Crippen LogP contribution in [-0.4, -0.2) is 29.0 Å². The van der Waals surface area contributed by atoms with Crippen molar-refractivity contribution >= 4 is 11.9 Å². The van der Waals surface area contributed by atoms with E-state index in [2.05, 4.69) is 20.9 Å². The molecule has 2 rings (SSSR count). The van der Waals surface area contributed by atoms with Crippen LogP contribution in [0, 0.1) is 0 Å². The van der Waals surface area contributed by atoms with Gasteiger partial charge in [0, 0.05) is 11.1 Å². The number of aromatic nitrogens is 1. The molecule has 2 aromatic rings. The van der Waals surface area contributed by atoms with E-state index in [4.69, 9.17) is 4.42 Å². The minimum absolute atomic E-state index is 0.0933. The molecule has 0 fully saturated rings. The molecular formula is C17H22N4O3. The third kappa shape index (κ3) is 5.75. The van der Waals surface area contributed by atoms with Gasteiger partial charge in [0.05, 0.1) is 19.3 Å². The molecule has 0 aliphatic heterocycles. The van der Waals surface area contributed by atoms with Crippen LogP contribution in [0.15, 0.2) is 40.9 Å². The Bertz CT molecular complexity index is 689. The Morgan fingerprint density at radius 1 is 1.12 bits per heavy atom. The zero-order valence-electron chi connectivity index (χ0n) is 14.1. The number of rotatable bonds is 5. The van der Waals surface area contributed by atoms with E-state index in [9.17, 15) is 9.59 Å². The van der Waals surface area contributed by atoms with Crippen molar-refractivity contribution in [2.24, 2.45) is 0 Å². The van der Waals surface area contributed by atoms with Gasteiger partial charge >= 0.3 is 6.03 Å². The van der Waals surface area contributed by atoms with Crippen molar-refractivity contribution in [3.8, 4) is 11.3 Å². The normalized spacial score (nSPS) is 11.0. The van der Waals surface area contributed by atoms with E-state index in [1.54, 1.807) is 6.20 Å². The molecule has 0 atom stereocenters. The van der Waals surface area contributed by atoms with Gasteiger partial charge in [0.1, 0.15) is 0 Å². The van der Waals surface area contributed by atoms with Gasteiger partial charge in [-0.25, -0.2) is 9.78 Å². The van der Waals surface area contributed by atoms with Crippen molar-refractivity contribution in [3.05, 3.63) is 42.4 Å². The van der Waals surface area contributed by atoms with Crippen molar-refractivity contribution in [3.63, 3.8) is 0 Å². The molecule has 24 heavy (non-hydrogen) atoms. The van der Waals surface area contributed by atoms with Gasteiger partial charge in [-0.2, -0.15) is 0 Å². The lowest BCUT2D eigenvalue weighted by Crippen LogP contribution is -2.47. The Morgan fingerprint density at radius 3 is 2.50 bits per heavy atom. The molecule has 7 nitrogen and oxygen atoms in total. The van der Waals surface area contributed by atoms with Crippen LogP contribution in [0.4, 0.5) is 4.79 Å². The summed E-state index contributed by atoms with van der Waals surface area (Å²) in [6, 6.07) is 9.11. The Morgan fingerprint density at radius 2 is 1.83 bits per heavy atom. The highest BCUT2D eigenvalue weighted by molar-refractivity contribution is 5.84. The minimum atomic E-state index is -0.460. The number of hydrogen-bond acceptors (Lipinski definition) is 4. The van der Waals surface area contributed by atoms with E-state index in [-0.39, 0.29) is 24.5 Å². The number of carbonyl (C=O) groups is 2. The summed E-state index contributed by atoms with van der Waals surface area (Å²) in [4.78, 5) is 27.4. The van der Waals surface area contributed by atoms with Crippen LogP contribution in [0.25, 0.3) is 11.3 Å². The smallest absolute Gasteiger partial charge is 0.315 e. The third-order valence-corrected chi connectivity index (χ3v) is 2.94. The fourth-order valence-electron chi connectivity index (χ4n) is 1.97. The van der Waals surface area contributed by atoms with Gasteiger partial charge in [-0.15, -0.1) is 0 Å². The average Bonchev–Trinajstić information content (AvgIpc) is 2.99. The van der Waals surface area contributed by atoms with Crippen molar-refractivity contribution in [2.45, 2.75) is 32.9 Å².